The number of anilines is 1. The number of aliphatic imine (C=N–C) groups is 1. The minimum absolute atomic E-state index is 0.308. The molecule has 0 aromatic heterocycles. The molecule has 1 aromatic carbocycles. The fourth-order valence-electron chi connectivity index (χ4n) is 1.61. The molecule has 0 aliphatic carbocycles. The highest BCUT2D eigenvalue weighted by atomic mass is 16.3. The molecule has 1 heterocycles. The van der Waals surface area contributed by atoms with Crippen molar-refractivity contribution in [2.45, 2.75) is 12.8 Å². The molecular formula is C10H13N3O. The van der Waals surface area contributed by atoms with Crippen molar-refractivity contribution in [3.05, 3.63) is 30.3 Å². The predicted molar refractivity (Wildman–Crippen MR) is 56.0 cm³/mol. The van der Waals surface area contributed by atoms with E-state index in [-0.39, 0.29) is 0 Å². The average molecular weight is 191 g/mol. The predicted octanol–water partition coefficient (Wildman–Crippen LogP) is 0.530. The molecule has 0 bridgehead atoms. The van der Waals surface area contributed by atoms with Gasteiger partial charge >= 0.3 is 0 Å². The molecule has 0 amide bonds. The summed E-state index contributed by atoms with van der Waals surface area (Å²) in [5.74, 6) is -0.707. The van der Waals surface area contributed by atoms with Crippen molar-refractivity contribution < 1.29 is 5.11 Å². The molecule has 4 heteroatoms. The van der Waals surface area contributed by atoms with E-state index in [2.05, 4.69) is 4.99 Å². The highest BCUT2D eigenvalue weighted by Crippen LogP contribution is 2.21. The van der Waals surface area contributed by atoms with Crippen LogP contribution < -0.4 is 10.6 Å². The van der Waals surface area contributed by atoms with Gasteiger partial charge < -0.3 is 10.0 Å². The third-order valence-corrected chi connectivity index (χ3v) is 2.20. The van der Waals surface area contributed by atoms with Crippen LogP contribution in [-0.2, 0) is 0 Å². The van der Waals surface area contributed by atoms with Crippen LogP contribution in [0.5, 0.6) is 0 Å². The first-order valence-electron chi connectivity index (χ1n) is 4.49. The third-order valence-electron chi connectivity index (χ3n) is 2.20. The van der Waals surface area contributed by atoms with Gasteiger partial charge in [-0.2, -0.15) is 0 Å². The molecule has 0 saturated heterocycles. The van der Waals surface area contributed by atoms with Crippen LogP contribution in [0.2, 0.25) is 0 Å². The van der Waals surface area contributed by atoms with E-state index in [4.69, 9.17) is 5.73 Å². The van der Waals surface area contributed by atoms with Crippen molar-refractivity contribution >= 4 is 11.5 Å². The number of β-amino-alcohol motifs (C(OH)–C–C–N with tert-alkyl or cyclic N) is 1. The van der Waals surface area contributed by atoms with Gasteiger partial charge in [-0.25, -0.2) is 4.99 Å². The second kappa shape index (κ2) is 3.08. The largest absolute Gasteiger partial charge is 0.356 e. The zero-order chi connectivity index (χ0) is 10.2. The first-order valence-corrected chi connectivity index (χ1v) is 4.49. The number of nitrogens with zero attached hydrogens (tertiary/aromatic N) is 2. The molecular weight excluding hydrogens is 178 g/mol. The molecule has 2 rings (SSSR count). The topological polar surface area (TPSA) is 61.9 Å². The fraction of sp³-hybridized carbons (Fsp3) is 0.300. The first kappa shape index (κ1) is 9.18. The Morgan fingerprint density at radius 3 is 2.57 bits per heavy atom. The lowest BCUT2D eigenvalue weighted by Crippen LogP contribution is -2.43. The summed E-state index contributed by atoms with van der Waals surface area (Å²) in [5.41, 5.74) is 6.52. The van der Waals surface area contributed by atoms with Crippen LogP contribution in [0.3, 0.4) is 0 Å². The first-order chi connectivity index (χ1) is 6.58. The highest BCUT2D eigenvalue weighted by molar-refractivity contribution is 5.98. The number of hydrogen-bond donors (Lipinski definition) is 2. The van der Waals surface area contributed by atoms with Crippen LogP contribution in [0, 0.1) is 0 Å². The summed E-state index contributed by atoms with van der Waals surface area (Å²) >= 11 is 0. The van der Waals surface area contributed by atoms with E-state index in [1.165, 1.54) is 0 Å². The second-order valence-electron chi connectivity index (χ2n) is 3.46. The number of amidine groups is 1. The molecule has 74 valence electrons. The Kier molecular flexibility index (Phi) is 2.02. The van der Waals surface area contributed by atoms with E-state index in [1.807, 2.05) is 42.2 Å². The Bertz CT molecular complexity index is 359. The van der Waals surface area contributed by atoms with Crippen LogP contribution in [0.25, 0.3) is 0 Å². The fourth-order valence-corrected chi connectivity index (χ4v) is 1.61. The van der Waals surface area contributed by atoms with Crippen LogP contribution >= 0.6 is 0 Å². The number of para-hydroxylation sites is 1. The summed E-state index contributed by atoms with van der Waals surface area (Å²) in [6, 6.07) is 9.74. The normalized spacial score (nSPS) is 26.5. The van der Waals surface area contributed by atoms with Crippen molar-refractivity contribution in [1.82, 2.24) is 0 Å². The van der Waals surface area contributed by atoms with Crippen molar-refractivity contribution in [3.8, 4) is 0 Å². The van der Waals surface area contributed by atoms with Crippen LogP contribution in [0.4, 0.5) is 5.69 Å². The van der Waals surface area contributed by atoms with E-state index in [1.54, 1.807) is 0 Å². The number of aliphatic hydroxyl groups is 1. The molecule has 0 spiro atoms. The summed E-state index contributed by atoms with van der Waals surface area (Å²) in [6.07, 6.45) is 0. The van der Waals surface area contributed by atoms with Crippen molar-refractivity contribution in [3.63, 3.8) is 0 Å². The maximum atomic E-state index is 9.55. The van der Waals surface area contributed by atoms with Gasteiger partial charge in [-0.15, -0.1) is 0 Å². The maximum absolute atomic E-state index is 9.55. The smallest absolute Gasteiger partial charge is 0.230 e. The van der Waals surface area contributed by atoms with E-state index in [0.29, 0.717) is 6.54 Å². The lowest BCUT2D eigenvalue weighted by Gasteiger charge is -2.20. The minimum Gasteiger partial charge on any atom is -0.356 e. The molecule has 0 radical (unpaired) electrons. The summed E-state index contributed by atoms with van der Waals surface area (Å²) in [7, 11) is 0. The molecule has 1 aliphatic heterocycles. The summed E-state index contributed by atoms with van der Waals surface area (Å²) in [6.45, 7) is 2.14. The Morgan fingerprint density at radius 1 is 1.43 bits per heavy atom. The highest BCUT2D eigenvalue weighted by Gasteiger charge is 2.32. The molecule has 0 saturated carbocycles. The van der Waals surface area contributed by atoms with Gasteiger partial charge in [0.2, 0.25) is 5.85 Å². The standard InChI is InChI=1S/C10H13N3O/c1-8-12-10(11,14)7-13(8)9-5-3-2-4-6-9/h2-6,14H,7,11H2,1H3. The average Bonchev–Trinajstić information content (AvgIpc) is 2.41. The quantitative estimate of drug-likeness (QED) is 0.636. The van der Waals surface area contributed by atoms with Crippen LogP contribution in [0.15, 0.2) is 35.3 Å². The molecule has 1 atom stereocenters. The van der Waals surface area contributed by atoms with Gasteiger partial charge in [0.15, 0.2) is 0 Å². The van der Waals surface area contributed by atoms with Gasteiger partial charge in [0.25, 0.3) is 0 Å². The lowest BCUT2D eigenvalue weighted by molar-refractivity contribution is 0.0746. The molecule has 4 nitrogen and oxygen atoms in total. The lowest BCUT2D eigenvalue weighted by atomic mass is 10.3. The van der Waals surface area contributed by atoms with Crippen molar-refractivity contribution in [2.75, 3.05) is 11.4 Å². The van der Waals surface area contributed by atoms with Gasteiger partial charge in [0.05, 0.1) is 6.54 Å². The van der Waals surface area contributed by atoms with E-state index < -0.39 is 5.85 Å². The Morgan fingerprint density at radius 2 is 2.07 bits per heavy atom. The minimum atomic E-state index is -1.44. The third kappa shape index (κ3) is 1.62. The molecule has 3 N–H and O–H groups in total. The van der Waals surface area contributed by atoms with Gasteiger partial charge in [-0.05, 0) is 19.1 Å². The molecule has 0 fully saturated rings. The number of nitrogens with two attached hydrogens (primary N) is 1. The summed E-state index contributed by atoms with van der Waals surface area (Å²) in [5, 5.41) is 9.55. The second-order valence-corrected chi connectivity index (χ2v) is 3.46. The van der Waals surface area contributed by atoms with Gasteiger partial charge in [0, 0.05) is 5.69 Å². The Labute approximate surface area is 82.7 Å². The Hall–Kier alpha value is -1.39. The van der Waals surface area contributed by atoms with E-state index in [9.17, 15) is 5.11 Å². The van der Waals surface area contributed by atoms with Crippen LogP contribution in [0.1, 0.15) is 6.92 Å². The van der Waals surface area contributed by atoms with E-state index >= 15 is 0 Å². The summed E-state index contributed by atoms with van der Waals surface area (Å²) < 4.78 is 0. The zero-order valence-corrected chi connectivity index (χ0v) is 8.01. The SMILES string of the molecule is CC1=NC(N)(O)CN1c1ccccc1. The molecule has 1 aromatic rings. The number of benzene rings is 1. The van der Waals surface area contributed by atoms with Crippen LogP contribution in [-0.4, -0.2) is 23.3 Å². The number of hydrogen-bond acceptors (Lipinski definition) is 4. The molecule has 1 aliphatic rings. The molecule has 14 heavy (non-hydrogen) atoms. The van der Waals surface area contributed by atoms with Gasteiger partial charge in [-0.3, -0.25) is 5.73 Å². The van der Waals surface area contributed by atoms with Crippen molar-refractivity contribution in [2.24, 2.45) is 10.7 Å². The van der Waals surface area contributed by atoms with Gasteiger partial charge in [-0.1, -0.05) is 18.2 Å². The van der Waals surface area contributed by atoms with Crippen molar-refractivity contribution in [1.29, 1.82) is 0 Å². The Balaban J connectivity index is 2.28. The zero-order valence-electron chi connectivity index (χ0n) is 8.01. The monoisotopic (exact) mass is 191 g/mol. The van der Waals surface area contributed by atoms with E-state index in [0.717, 1.165) is 11.5 Å². The molecule has 1 unspecified atom stereocenters. The van der Waals surface area contributed by atoms with Gasteiger partial charge in [0.1, 0.15) is 5.84 Å². The number of rotatable bonds is 1. The maximum Gasteiger partial charge on any atom is 0.230 e. The summed E-state index contributed by atoms with van der Waals surface area (Å²) in [4.78, 5) is 5.84.